The molecule has 0 atom stereocenters. The number of halogens is 1. The minimum Gasteiger partial charge on any atom is -0.325 e. The molecule has 2 N–H and O–H groups in total. The van der Waals surface area contributed by atoms with E-state index in [2.05, 4.69) is 5.10 Å². The second kappa shape index (κ2) is 4.04. The fraction of sp³-hybridized carbons (Fsp3) is 0.182. The van der Waals surface area contributed by atoms with E-state index < -0.39 is 0 Å². The molecule has 0 saturated carbocycles. The van der Waals surface area contributed by atoms with Gasteiger partial charge in [0.05, 0.1) is 11.4 Å². The number of nitrogens with two attached hydrogens (primary N) is 1. The van der Waals surface area contributed by atoms with E-state index in [4.69, 9.17) is 17.3 Å². The summed E-state index contributed by atoms with van der Waals surface area (Å²) in [5.74, 6) is 0. The second-order valence-corrected chi connectivity index (χ2v) is 3.81. The number of benzene rings is 1. The van der Waals surface area contributed by atoms with E-state index in [1.807, 2.05) is 41.9 Å². The minimum absolute atomic E-state index is 0.453. The van der Waals surface area contributed by atoms with E-state index in [0.29, 0.717) is 11.6 Å². The Hall–Kier alpha value is -1.32. The smallest absolute Gasteiger partial charge is 0.0767 e. The molecule has 0 saturated heterocycles. The molecule has 2 rings (SSSR count). The standard InChI is InChI=1S/C11H12ClN3/c1-8-5-10(7-13)14-15(8)11-4-2-3-9(12)6-11/h2-6H,7,13H2,1H3. The summed E-state index contributed by atoms with van der Waals surface area (Å²) in [6.45, 7) is 2.45. The van der Waals surface area contributed by atoms with Gasteiger partial charge in [0.1, 0.15) is 0 Å². The highest BCUT2D eigenvalue weighted by molar-refractivity contribution is 6.30. The first-order valence-electron chi connectivity index (χ1n) is 4.72. The van der Waals surface area contributed by atoms with Crippen LogP contribution in [0, 0.1) is 6.92 Å². The molecule has 1 aromatic heterocycles. The van der Waals surface area contributed by atoms with Crippen molar-refractivity contribution >= 4 is 11.6 Å². The van der Waals surface area contributed by atoms with E-state index in [0.717, 1.165) is 17.1 Å². The van der Waals surface area contributed by atoms with Crippen LogP contribution in [0.4, 0.5) is 0 Å². The topological polar surface area (TPSA) is 43.8 Å². The predicted octanol–water partition coefficient (Wildman–Crippen LogP) is 2.29. The summed E-state index contributed by atoms with van der Waals surface area (Å²) in [5, 5.41) is 5.08. The summed E-state index contributed by atoms with van der Waals surface area (Å²) in [6, 6.07) is 9.56. The first-order chi connectivity index (χ1) is 7.20. The maximum absolute atomic E-state index is 5.92. The van der Waals surface area contributed by atoms with Crippen LogP contribution in [0.5, 0.6) is 0 Å². The molecule has 0 bridgehead atoms. The van der Waals surface area contributed by atoms with Gasteiger partial charge in [-0.05, 0) is 31.2 Å². The SMILES string of the molecule is Cc1cc(CN)nn1-c1cccc(Cl)c1. The molecule has 0 unspecified atom stereocenters. The van der Waals surface area contributed by atoms with Crippen LogP contribution < -0.4 is 5.73 Å². The van der Waals surface area contributed by atoms with Gasteiger partial charge >= 0.3 is 0 Å². The van der Waals surface area contributed by atoms with Crippen LogP contribution in [0.15, 0.2) is 30.3 Å². The van der Waals surface area contributed by atoms with Crippen molar-refractivity contribution in [3.05, 3.63) is 46.7 Å². The molecule has 1 heterocycles. The molecular formula is C11H12ClN3. The molecule has 2 aromatic rings. The van der Waals surface area contributed by atoms with Crippen LogP contribution >= 0.6 is 11.6 Å². The van der Waals surface area contributed by atoms with Gasteiger partial charge in [-0.15, -0.1) is 0 Å². The first-order valence-corrected chi connectivity index (χ1v) is 5.10. The van der Waals surface area contributed by atoms with Gasteiger partial charge in [0.25, 0.3) is 0 Å². The van der Waals surface area contributed by atoms with Crippen LogP contribution in [0.25, 0.3) is 5.69 Å². The predicted molar refractivity (Wildman–Crippen MR) is 61.2 cm³/mol. The van der Waals surface area contributed by atoms with Gasteiger partial charge < -0.3 is 5.73 Å². The van der Waals surface area contributed by atoms with Gasteiger partial charge in [-0.25, -0.2) is 4.68 Å². The summed E-state index contributed by atoms with van der Waals surface area (Å²) >= 11 is 5.92. The Morgan fingerprint density at radius 2 is 2.20 bits per heavy atom. The Morgan fingerprint density at radius 3 is 2.80 bits per heavy atom. The Balaban J connectivity index is 2.48. The van der Waals surface area contributed by atoms with E-state index in [1.165, 1.54) is 0 Å². The Morgan fingerprint density at radius 1 is 1.40 bits per heavy atom. The number of hydrogen-bond acceptors (Lipinski definition) is 2. The summed E-state index contributed by atoms with van der Waals surface area (Å²) in [4.78, 5) is 0. The second-order valence-electron chi connectivity index (χ2n) is 3.37. The summed E-state index contributed by atoms with van der Waals surface area (Å²) in [7, 11) is 0. The highest BCUT2D eigenvalue weighted by atomic mass is 35.5. The molecule has 15 heavy (non-hydrogen) atoms. The van der Waals surface area contributed by atoms with Gasteiger partial charge in [-0.1, -0.05) is 17.7 Å². The Bertz CT molecular complexity index is 476. The molecule has 3 nitrogen and oxygen atoms in total. The van der Waals surface area contributed by atoms with Crippen molar-refractivity contribution in [3.8, 4) is 5.69 Å². The van der Waals surface area contributed by atoms with Gasteiger partial charge in [0.2, 0.25) is 0 Å². The van der Waals surface area contributed by atoms with E-state index in [1.54, 1.807) is 0 Å². The third-order valence-corrected chi connectivity index (χ3v) is 2.44. The Kier molecular flexibility index (Phi) is 2.75. The summed E-state index contributed by atoms with van der Waals surface area (Å²) in [6.07, 6.45) is 0. The lowest BCUT2D eigenvalue weighted by molar-refractivity contribution is 0.812. The number of rotatable bonds is 2. The lowest BCUT2D eigenvalue weighted by Gasteiger charge is -2.03. The van der Waals surface area contributed by atoms with Crippen molar-refractivity contribution in [2.24, 2.45) is 5.73 Å². The van der Waals surface area contributed by atoms with Crippen LogP contribution in [0.3, 0.4) is 0 Å². The maximum Gasteiger partial charge on any atom is 0.0767 e. The molecule has 4 heteroatoms. The molecule has 78 valence electrons. The first kappa shape index (κ1) is 10.2. The lowest BCUT2D eigenvalue weighted by Crippen LogP contribution is -2.01. The van der Waals surface area contributed by atoms with Crippen LogP contribution in [-0.2, 0) is 6.54 Å². The highest BCUT2D eigenvalue weighted by Gasteiger charge is 2.04. The zero-order valence-electron chi connectivity index (χ0n) is 8.44. The third kappa shape index (κ3) is 2.03. The quantitative estimate of drug-likeness (QED) is 0.846. The molecule has 0 aliphatic carbocycles. The number of hydrogen-bond donors (Lipinski definition) is 1. The van der Waals surface area contributed by atoms with Gasteiger partial charge in [-0.3, -0.25) is 0 Å². The fourth-order valence-electron chi connectivity index (χ4n) is 1.51. The fourth-order valence-corrected chi connectivity index (χ4v) is 1.69. The number of nitrogens with zero attached hydrogens (tertiary/aromatic N) is 2. The van der Waals surface area contributed by atoms with Gasteiger partial charge in [0.15, 0.2) is 0 Å². The van der Waals surface area contributed by atoms with Crippen LogP contribution in [-0.4, -0.2) is 9.78 Å². The van der Waals surface area contributed by atoms with E-state index in [9.17, 15) is 0 Å². The molecule has 0 aliphatic rings. The lowest BCUT2D eigenvalue weighted by atomic mass is 10.3. The zero-order valence-corrected chi connectivity index (χ0v) is 9.20. The normalized spacial score (nSPS) is 10.6. The average molecular weight is 222 g/mol. The maximum atomic E-state index is 5.92. The number of aromatic nitrogens is 2. The molecule has 0 aliphatic heterocycles. The van der Waals surface area contributed by atoms with Crippen molar-refractivity contribution in [1.82, 2.24) is 9.78 Å². The average Bonchev–Trinajstić information content (AvgIpc) is 2.60. The molecular weight excluding hydrogens is 210 g/mol. The monoisotopic (exact) mass is 221 g/mol. The van der Waals surface area contributed by atoms with E-state index in [-0.39, 0.29) is 0 Å². The molecule has 1 aromatic carbocycles. The van der Waals surface area contributed by atoms with Crippen molar-refractivity contribution in [3.63, 3.8) is 0 Å². The van der Waals surface area contributed by atoms with Gasteiger partial charge in [0, 0.05) is 17.3 Å². The molecule has 0 spiro atoms. The van der Waals surface area contributed by atoms with Crippen molar-refractivity contribution in [2.45, 2.75) is 13.5 Å². The number of aryl methyl sites for hydroxylation is 1. The van der Waals surface area contributed by atoms with Crippen molar-refractivity contribution < 1.29 is 0 Å². The van der Waals surface area contributed by atoms with Crippen LogP contribution in [0.1, 0.15) is 11.4 Å². The summed E-state index contributed by atoms with van der Waals surface area (Å²) in [5.41, 5.74) is 8.43. The van der Waals surface area contributed by atoms with Crippen LogP contribution in [0.2, 0.25) is 5.02 Å². The van der Waals surface area contributed by atoms with Crippen molar-refractivity contribution in [2.75, 3.05) is 0 Å². The summed E-state index contributed by atoms with van der Waals surface area (Å²) < 4.78 is 1.84. The molecule has 0 fully saturated rings. The van der Waals surface area contributed by atoms with E-state index >= 15 is 0 Å². The minimum atomic E-state index is 0.453. The largest absolute Gasteiger partial charge is 0.325 e. The van der Waals surface area contributed by atoms with Gasteiger partial charge in [-0.2, -0.15) is 5.10 Å². The zero-order chi connectivity index (χ0) is 10.8. The highest BCUT2D eigenvalue weighted by Crippen LogP contribution is 2.16. The Labute approximate surface area is 93.5 Å². The molecule has 0 amide bonds. The third-order valence-electron chi connectivity index (χ3n) is 2.20. The van der Waals surface area contributed by atoms with Crippen molar-refractivity contribution in [1.29, 1.82) is 0 Å². The molecule has 0 radical (unpaired) electrons.